The van der Waals surface area contributed by atoms with Gasteiger partial charge in [-0.3, -0.25) is 4.79 Å². The topological polar surface area (TPSA) is 44.8 Å². The number of ether oxygens (including phenoxy) is 3. The van der Waals surface area contributed by atoms with Crippen LogP contribution in [-0.4, -0.2) is 26.6 Å². The van der Waals surface area contributed by atoms with Gasteiger partial charge in [0, 0.05) is 18.7 Å². The van der Waals surface area contributed by atoms with E-state index in [1.165, 1.54) is 13.2 Å². The lowest BCUT2D eigenvalue weighted by Gasteiger charge is -2.11. The Morgan fingerprint density at radius 2 is 1.88 bits per heavy atom. The molecule has 0 saturated carbocycles. The third-order valence-electron chi connectivity index (χ3n) is 1.62. The maximum absolute atomic E-state index is 12.0. The van der Waals surface area contributed by atoms with Crippen molar-refractivity contribution in [3.63, 3.8) is 0 Å². The molecule has 0 spiro atoms. The van der Waals surface area contributed by atoms with Crippen LogP contribution in [0.4, 0.5) is 13.2 Å². The standard InChI is InChI=1S/C10H9F3O4/c1-15-6-16-8-2-7(5-14)3-9(4-8)17-10(11,12)13/h2-5H,6H2,1H3. The molecule has 0 radical (unpaired) electrons. The van der Waals surface area contributed by atoms with Crippen LogP contribution in [0.2, 0.25) is 0 Å². The molecule has 0 aliphatic heterocycles. The van der Waals surface area contributed by atoms with Gasteiger partial charge in [0.15, 0.2) is 6.79 Å². The monoisotopic (exact) mass is 250 g/mol. The maximum atomic E-state index is 12.0. The fourth-order valence-corrected chi connectivity index (χ4v) is 1.06. The summed E-state index contributed by atoms with van der Waals surface area (Å²) in [6.45, 7) is -0.145. The Kier molecular flexibility index (Phi) is 4.33. The van der Waals surface area contributed by atoms with E-state index in [0.717, 1.165) is 12.1 Å². The van der Waals surface area contributed by atoms with Crippen molar-refractivity contribution in [2.45, 2.75) is 6.36 Å². The molecule has 0 fully saturated rings. The molecule has 4 nitrogen and oxygen atoms in total. The first-order valence-corrected chi connectivity index (χ1v) is 4.42. The lowest BCUT2D eigenvalue weighted by molar-refractivity contribution is -0.274. The molecule has 94 valence electrons. The third-order valence-corrected chi connectivity index (χ3v) is 1.62. The van der Waals surface area contributed by atoms with E-state index in [1.54, 1.807) is 0 Å². The summed E-state index contributed by atoms with van der Waals surface area (Å²) in [5.74, 6) is -0.469. The number of carbonyl (C=O) groups is 1. The van der Waals surface area contributed by atoms with Crippen LogP contribution in [0.15, 0.2) is 18.2 Å². The van der Waals surface area contributed by atoms with Crippen LogP contribution >= 0.6 is 0 Å². The van der Waals surface area contributed by atoms with Crippen LogP contribution < -0.4 is 9.47 Å². The zero-order valence-corrected chi connectivity index (χ0v) is 8.78. The molecule has 17 heavy (non-hydrogen) atoms. The largest absolute Gasteiger partial charge is 0.573 e. The molecule has 1 aromatic rings. The highest BCUT2D eigenvalue weighted by atomic mass is 19.4. The summed E-state index contributed by atoms with van der Waals surface area (Å²) in [6, 6.07) is 3.24. The van der Waals surface area contributed by atoms with E-state index in [0.29, 0.717) is 6.29 Å². The van der Waals surface area contributed by atoms with Gasteiger partial charge in [0.25, 0.3) is 0 Å². The Balaban J connectivity index is 2.92. The second-order valence-corrected chi connectivity index (χ2v) is 2.95. The van der Waals surface area contributed by atoms with Crippen molar-refractivity contribution < 1.29 is 32.2 Å². The van der Waals surface area contributed by atoms with Gasteiger partial charge in [0.05, 0.1) is 0 Å². The summed E-state index contributed by atoms with van der Waals surface area (Å²) in [5, 5.41) is 0. The van der Waals surface area contributed by atoms with Crippen molar-refractivity contribution in [3.8, 4) is 11.5 Å². The summed E-state index contributed by atoms with van der Waals surface area (Å²) in [5.41, 5.74) is 0.0119. The molecule has 1 aromatic carbocycles. The Morgan fingerprint density at radius 1 is 1.24 bits per heavy atom. The van der Waals surface area contributed by atoms with Gasteiger partial charge >= 0.3 is 6.36 Å². The molecular formula is C10H9F3O4. The smallest absolute Gasteiger partial charge is 0.467 e. The number of alkyl halides is 3. The first-order chi connectivity index (χ1) is 7.94. The molecule has 1 rings (SSSR count). The number of hydrogen-bond donors (Lipinski definition) is 0. The van der Waals surface area contributed by atoms with Crippen molar-refractivity contribution in [2.24, 2.45) is 0 Å². The van der Waals surface area contributed by atoms with Crippen LogP contribution in [0.5, 0.6) is 11.5 Å². The van der Waals surface area contributed by atoms with E-state index in [1.807, 2.05) is 0 Å². The van der Waals surface area contributed by atoms with E-state index in [-0.39, 0.29) is 18.1 Å². The molecule has 0 aliphatic carbocycles. The van der Waals surface area contributed by atoms with Gasteiger partial charge in [-0.2, -0.15) is 0 Å². The van der Waals surface area contributed by atoms with Crippen LogP contribution in [0.25, 0.3) is 0 Å². The maximum Gasteiger partial charge on any atom is 0.573 e. The molecule has 7 heteroatoms. The van der Waals surface area contributed by atoms with Crippen molar-refractivity contribution in [2.75, 3.05) is 13.9 Å². The molecule has 0 N–H and O–H groups in total. The molecular weight excluding hydrogens is 241 g/mol. The molecule has 0 heterocycles. The highest BCUT2D eigenvalue weighted by Crippen LogP contribution is 2.27. The summed E-state index contributed by atoms with van der Waals surface area (Å²) in [4.78, 5) is 10.5. The Labute approximate surface area is 94.9 Å². The van der Waals surface area contributed by atoms with E-state index >= 15 is 0 Å². The zero-order chi connectivity index (χ0) is 12.9. The number of carbonyl (C=O) groups excluding carboxylic acids is 1. The predicted molar refractivity (Wildman–Crippen MR) is 51.0 cm³/mol. The van der Waals surface area contributed by atoms with Gasteiger partial charge in [-0.25, -0.2) is 0 Å². The van der Waals surface area contributed by atoms with Gasteiger partial charge in [-0.05, 0) is 12.1 Å². The minimum absolute atomic E-state index is 0.0119. The van der Waals surface area contributed by atoms with E-state index < -0.39 is 12.1 Å². The molecule has 0 aliphatic rings. The fourth-order valence-electron chi connectivity index (χ4n) is 1.06. The van der Waals surface area contributed by atoms with Crippen LogP contribution in [0.1, 0.15) is 10.4 Å². The molecule has 0 bridgehead atoms. The number of halogens is 3. The average molecular weight is 250 g/mol. The first-order valence-electron chi connectivity index (χ1n) is 4.42. The summed E-state index contributed by atoms with van der Waals surface area (Å²) >= 11 is 0. The molecule has 0 saturated heterocycles. The average Bonchev–Trinajstić information content (AvgIpc) is 2.23. The van der Waals surface area contributed by atoms with Crippen molar-refractivity contribution >= 4 is 6.29 Å². The lowest BCUT2D eigenvalue weighted by atomic mass is 10.2. The third kappa shape index (κ3) is 4.73. The molecule has 0 aromatic heterocycles. The summed E-state index contributed by atoms with van der Waals surface area (Å²) in [7, 11) is 1.36. The second kappa shape index (κ2) is 5.53. The summed E-state index contributed by atoms with van der Waals surface area (Å²) < 4.78 is 49.1. The van der Waals surface area contributed by atoms with Gasteiger partial charge in [-0.1, -0.05) is 0 Å². The minimum Gasteiger partial charge on any atom is -0.467 e. The first kappa shape index (κ1) is 13.3. The number of rotatable bonds is 5. The number of aldehydes is 1. The van der Waals surface area contributed by atoms with E-state index in [4.69, 9.17) is 4.74 Å². The van der Waals surface area contributed by atoms with Gasteiger partial charge in [-0.15, -0.1) is 13.2 Å². The molecule has 0 atom stereocenters. The van der Waals surface area contributed by atoms with E-state index in [2.05, 4.69) is 9.47 Å². The Morgan fingerprint density at radius 3 is 2.41 bits per heavy atom. The van der Waals surface area contributed by atoms with Crippen molar-refractivity contribution in [3.05, 3.63) is 23.8 Å². The minimum atomic E-state index is -4.82. The van der Waals surface area contributed by atoms with Crippen molar-refractivity contribution in [1.29, 1.82) is 0 Å². The van der Waals surface area contributed by atoms with E-state index in [9.17, 15) is 18.0 Å². The van der Waals surface area contributed by atoms with Crippen LogP contribution in [0, 0.1) is 0 Å². The SMILES string of the molecule is COCOc1cc(C=O)cc(OC(F)(F)F)c1. The van der Waals surface area contributed by atoms with Gasteiger partial charge in [0.2, 0.25) is 0 Å². The number of benzene rings is 1. The Hall–Kier alpha value is -1.76. The Bertz CT molecular complexity index is 390. The fraction of sp³-hybridized carbons (Fsp3) is 0.300. The molecule has 0 amide bonds. The molecule has 0 unspecified atom stereocenters. The van der Waals surface area contributed by atoms with Crippen LogP contribution in [-0.2, 0) is 4.74 Å². The second-order valence-electron chi connectivity index (χ2n) is 2.95. The van der Waals surface area contributed by atoms with Gasteiger partial charge in [0.1, 0.15) is 17.8 Å². The summed E-state index contributed by atoms with van der Waals surface area (Å²) in [6.07, 6.45) is -4.43. The van der Waals surface area contributed by atoms with Crippen molar-refractivity contribution in [1.82, 2.24) is 0 Å². The number of hydrogen-bond acceptors (Lipinski definition) is 4. The normalized spacial score (nSPS) is 11.1. The predicted octanol–water partition coefficient (Wildman–Crippen LogP) is 2.38. The van der Waals surface area contributed by atoms with Gasteiger partial charge < -0.3 is 14.2 Å². The quantitative estimate of drug-likeness (QED) is 0.594. The number of methoxy groups -OCH3 is 1. The zero-order valence-electron chi connectivity index (χ0n) is 8.78. The highest BCUT2D eigenvalue weighted by Gasteiger charge is 2.31. The highest BCUT2D eigenvalue weighted by molar-refractivity contribution is 5.76. The van der Waals surface area contributed by atoms with Crippen LogP contribution in [0.3, 0.4) is 0 Å². The lowest BCUT2D eigenvalue weighted by Crippen LogP contribution is -2.17.